The van der Waals surface area contributed by atoms with Crippen LogP contribution in [0.5, 0.6) is 0 Å². The van der Waals surface area contributed by atoms with Crippen molar-refractivity contribution in [1.29, 1.82) is 0 Å². The van der Waals surface area contributed by atoms with Crippen LogP contribution >= 0.6 is 11.6 Å². The first-order valence-corrected chi connectivity index (χ1v) is 6.83. The van der Waals surface area contributed by atoms with Gasteiger partial charge >= 0.3 is 0 Å². The Morgan fingerprint density at radius 2 is 1.75 bits per heavy atom. The number of nitrogens with zero attached hydrogens (tertiary/aromatic N) is 1. The van der Waals surface area contributed by atoms with E-state index in [0.717, 1.165) is 11.3 Å². The quantitative estimate of drug-likeness (QED) is 0.877. The monoisotopic (exact) mass is 292 g/mol. The van der Waals surface area contributed by atoms with Crippen molar-refractivity contribution in [2.75, 3.05) is 24.3 Å². The summed E-state index contributed by atoms with van der Waals surface area (Å²) in [5, 5.41) is 3.64. The third kappa shape index (κ3) is 3.64. The predicted octanol–water partition coefficient (Wildman–Crippen LogP) is 4.72. The van der Waals surface area contributed by atoms with Gasteiger partial charge in [0.1, 0.15) is 5.82 Å². The Bertz CT molecular complexity index is 561. The lowest BCUT2D eigenvalue weighted by Gasteiger charge is -2.18. The van der Waals surface area contributed by atoms with Crippen molar-refractivity contribution in [3.8, 4) is 0 Å². The summed E-state index contributed by atoms with van der Waals surface area (Å²) in [7, 11) is 4.01. The summed E-state index contributed by atoms with van der Waals surface area (Å²) in [6, 6.07) is 12.8. The van der Waals surface area contributed by atoms with Gasteiger partial charge in [0.25, 0.3) is 0 Å². The summed E-state index contributed by atoms with van der Waals surface area (Å²) in [5.74, 6) is -0.338. The molecule has 0 aliphatic carbocycles. The maximum Gasteiger partial charge on any atom is 0.126 e. The zero-order chi connectivity index (χ0) is 14.7. The second kappa shape index (κ2) is 6.14. The van der Waals surface area contributed by atoms with Gasteiger partial charge in [-0.15, -0.1) is 0 Å². The molecule has 1 atom stereocenters. The minimum Gasteiger partial charge on any atom is -0.378 e. The molecule has 1 N–H and O–H groups in total. The molecule has 0 saturated heterocycles. The van der Waals surface area contributed by atoms with Gasteiger partial charge in [-0.3, -0.25) is 0 Å². The molecule has 0 heterocycles. The van der Waals surface area contributed by atoms with Crippen molar-refractivity contribution in [2.45, 2.75) is 13.0 Å². The lowest BCUT2D eigenvalue weighted by Crippen LogP contribution is -2.10. The molecule has 1 unspecified atom stereocenters. The fourth-order valence-electron chi connectivity index (χ4n) is 2.03. The van der Waals surface area contributed by atoms with Crippen molar-refractivity contribution in [2.24, 2.45) is 0 Å². The number of hydrogen-bond acceptors (Lipinski definition) is 2. The first kappa shape index (κ1) is 14.7. The molecule has 0 spiro atoms. The number of rotatable bonds is 4. The lowest BCUT2D eigenvalue weighted by atomic mass is 10.1. The number of halogens is 2. The SMILES string of the molecule is CC(Nc1cc(F)cc(Cl)c1)c1ccc(N(C)C)cc1. The highest BCUT2D eigenvalue weighted by Crippen LogP contribution is 2.24. The van der Waals surface area contributed by atoms with Crippen LogP contribution in [0.15, 0.2) is 42.5 Å². The van der Waals surface area contributed by atoms with Gasteiger partial charge in [-0.05, 0) is 42.8 Å². The van der Waals surface area contributed by atoms with Crippen LogP contribution in [0, 0.1) is 5.82 Å². The maximum atomic E-state index is 13.3. The van der Waals surface area contributed by atoms with Crippen LogP contribution in [0.1, 0.15) is 18.5 Å². The van der Waals surface area contributed by atoms with Gasteiger partial charge in [-0.25, -0.2) is 4.39 Å². The molecule has 0 aromatic heterocycles. The molecular weight excluding hydrogens is 275 g/mol. The van der Waals surface area contributed by atoms with Crippen molar-refractivity contribution in [3.63, 3.8) is 0 Å². The molecule has 2 rings (SSSR count). The van der Waals surface area contributed by atoms with Crippen LogP contribution in [-0.4, -0.2) is 14.1 Å². The van der Waals surface area contributed by atoms with Crippen molar-refractivity contribution in [3.05, 3.63) is 58.9 Å². The molecule has 0 aliphatic rings. The predicted molar refractivity (Wildman–Crippen MR) is 84.2 cm³/mol. The topological polar surface area (TPSA) is 15.3 Å². The normalized spacial score (nSPS) is 12.1. The Kier molecular flexibility index (Phi) is 4.50. The molecule has 2 aromatic rings. The number of benzene rings is 2. The molecule has 0 aliphatic heterocycles. The van der Waals surface area contributed by atoms with Crippen LogP contribution in [0.25, 0.3) is 0 Å². The molecular formula is C16H18ClFN2. The molecule has 2 nitrogen and oxygen atoms in total. The summed E-state index contributed by atoms with van der Waals surface area (Å²) in [6.45, 7) is 2.03. The van der Waals surface area contributed by atoms with E-state index < -0.39 is 0 Å². The summed E-state index contributed by atoms with van der Waals surface area (Å²) < 4.78 is 13.3. The standard InChI is InChI=1S/C16H18ClFN2/c1-11(12-4-6-16(7-5-12)20(2)3)19-15-9-13(17)8-14(18)10-15/h4-11,19H,1-3H3. The Labute approximate surface area is 124 Å². The van der Waals surface area contributed by atoms with Gasteiger partial charge in [0.2, 0.25) is 0 Å². The zero-order valence-corrected chi connectivity index (χ0v) is 12.6. The average molecular weight is 293 g/mol. The minimum absolute atomic E-state index is 0.0732. The average Bonchev–Trinajstić information content (AvgIpc) is 2.37. The number of anilines is 2. The molecule has 0 amide bonds. The molecule has 4 heteroatoms. The molecule has 0 bridgehead atoms. The van der Waals surface area contributed by atoms with Crippen LogP contribution in [0.2, 0.25) is 5.02 Å². The first-order valence-electron chi connectivity index (χ1n) is 6.45. The Hall–Kier alpha value is -1.74. The van der Waals surface area contributed by atoms with E-state index in [-0.39, 0.29) is 11.9 Å². The highest BCUT2D eigenvalue weighted by atomic mass is 35.5. The summed E-state index contributed by atoms with van der Waals surface area (Å²) in [6.07, 6.45) is 0. The van der Waals surface area contributed by atoms with Crippen molar-refractivity contribution >= 4 is 23.0 Å². The molecule has 106 valence electrons. The van der Waals surface area contributed by atoms with E-state index in [4.69, 9.17) is 11.6 Å². The van der Waals surface area contributed by atoms with Gasteiger partial charge < -0.3 is 10.2 Å². The van der Waals surface area contributed by atoms with Crippen molar-refractivity contribution in [1.82, 2.24) is 0 Å². The van der Waals surface area contributed by atoms with Crippen molar-refractivity contribution < 1.29 is 4.39 Å². The van der Waals surface area contributed by atoms with Crippen LogP contribution < -0.4 is 10.2 Å². The van der Waals surface area contributed by atoms with Gasteiger partial charge in [0, 0.05) is 36.5 Å². The fraction of sp³-hybridized carbons (Fsp3) is 0.250. The van der Waals surface area contributed by atoms with Crippen LogP contribution in [0.3, 0.4) is 0 Å². The Morgan fingerprint density at radius 3 is 2.30 bits per heavy atom. The van der Waals surface area contributed by atoms with Gasteiger partial charge in [0.05, 0.1) is 0 Å². The molecule has 0 radical (unpaired) electrons. The molecule has 0 fully saturated rings. The minimum atomic E-state index is -0.338. The van der Waals surface area contributed by atoms with E-state index in [1.165, 1.54) is 12.1 Å². The largest absolute Gasteiger partial charge is 0.378 e. The van der Waals surface area contributed by atoms with Crippen LogP contribution in [0.4, 0.5) is 15.8 Å². The maximum absolute atomic E-state index is 13.3. The van der Waals surface area contributed by atoms with E-state index >= 15 is 0 Å². The smallest absolute Gasteiger partial charge is 0.126 e. The van der Waals surface area contributed by atoms with E-state index in [9.17, 15) is 4.39 Å². The second-order valence-electron chi connectivity index (χ2n) is 5.01. The summed E-state index contributed by atoms with van der Waals surface area (Å²) in [4.78, 5) is 2.05. The lowest BCUT2D eigenvalue weighted by molar-refractivity contribution is 0.628. The molecule has 0 saturated carbocycles. The third-order valence-corrected chi connectivity index (χ3v) is 3.37. The third-order valence-electron chi connectivity index (χ3n) is 3.16. The highest BCUT2D eigenvalue weighted by molar-refractivity contribution is 6.30. The Morgan fingerprint density at radius 1 is 1.10 bits per heavy atom. The van der Waals surface area contributed by atoms with E-state index in [0.29, 0.717) is 10.7 Å². The van der Waals surface area contributed by atoms with E-state index in [2.05, 4.69) is 29.6 Å². The van der Waals surface area contributed by atoms with Crippen LogP contribution in [-0.2, 0) is 0 Å². The van der Waals surface area contributed by atoms with Gasteiger partial charge in [-0.2, -0.15) is 0 Å². The second-order valence-corrected chi connectivity index (χ2v) is 5.45. The number of hydrogen-bond donors (Lipinski definition) is 1. The molecule has 2 aromatic carbocycles. The van der Waals surface area contributed by atoms with E-state index in [1.807, 2.05) is 25.9 Å². The first-order chi connectivity index (χ1) is 9.45. The zero-order valence-electron chi connectivity index (χ0n) is 11.8. The highest BCUT2D eigenvalue weighted by Gasteiger charge is 2.07. The van der Waals surface area contributed by atoms with E-state index in [1.54, 1.807) is 6.07 Å². The summed E-state index contributed by atoms with van der Waals surface area (Å²) >= 11 is 5.85. The fourth-order valence-corrected chi connectivity index (χ4v) is 2.25. The molecule has 20 heavy (non-hydrogen) atoms. The van der Waals surface area contributed by atoms with Gasteiger partial charge in [0.15, 0.2) is 0 Å². The van der Waals surface area contributed by atoms with Gasteiger partial charge in [-0.1, -0.05) is 23.7 Å². The summed E-state index contributed by atoms with van der Waals surface area (Å²) in [5.41, 5.74) is 2.96. The Balaban J connectivity index is 2.13. The number of nitrogens with one attached hydrogen (secondary N) is 1.